The van der Waals surface area contributed by atoms with Gasteiger partial charge in [0.2, 0.25) is 0 Å². The van der Waals surface area contributed by atoms with Gasteiger partial charge in [0, 0.05) is 16.3 Å². The molecule has 7 aromatic rings. The van der Waals surface area contributed by atoms with E-state index in [1.54, 1.807) is 6.07 Å². The van der Waals surface area contributed by atoms with Crippen molar-refractivity contribution in [1.82, 2.24) is 4.57 Å². The summed E-state index contributed by atoms with van der Waals surface area (Å²) in [6.45, 7) is 0. The molecule has 1 aliphatic rings. The summed E-state index contributed by atoms with van der Waals surface area (Å²) in [7, 11) is 0. The van der Waals surface area contributed by atoms with Gasteiger partial charge in [-0.05, 0) is 59.2 Å². The molecule has 5 nitrogen and oxygen atoms in total. The number of rotatable bonds is 4. The maximum Gasteiger partial charge on any atom is 0.268 e. The molecule has 6 aromatic carbocycles. The lowest BCUT2D eigenvalue weighted by Gasteiger charge is -2.18. The van der Waals surface area contributed by atoms with E-state index >= 15 is 0 Å². The quantitative estimate of drug-likeness (QED) is 0.200. The van der Waals surface area contributed by atoms with Crippen molar-refractivity contribution < 1.29 is 9.59 Å². The zero-order valence-electron chi connectivity index (χ0n) is 23.4. The standard InChI is InChI=1S/C39H23N3O2/c40-24-25-17-19-26(20-18-25)28-21-22-31-30-12-5-7-15-34(30)41(36(31)23-28)35-16-8-13-32-37(35)39(44)42(38(32)43)33-14-6-4-11-29(33)27-9-2-1-3-10-27/h1-23H. The number of anilines is 1. The van der Waals surface area contributed by atoms with Crippen molar-refractivity contribution in [2.45, 2.75) is 0 Å². The van der Waals surface area contributed by atoms with Crippen LogP contribution in [0.4, 0.5) is 5.69 Å². The molecule has 1 aromatic heterocycles. The first kappa shape index (κ1) is 25.5. The van der Waals surface area contributed by atoms with E-state index in [1.807, 2.05) is 109 Å². The zero-order valence-corrected chi connectivity index (χ0v) is 23.4. The molecule has 0 spiro atoms. The molecule has 206 valence electrons. The highest BCUT2D eigenvalue weighted by molar-refractivity contribution is 6.36. The van der Waals surface area contributed by atoms with E-state index in [1.165, 1.54) is 4.90 Å². The molecule has 0 radical (unpaired) electrons. The van der Waals surface area contributed by atoms with E-state index in [9.17, 15) is 14.9 Å². The van der Waals surface area contributed by atoms with Crippen LogP contribution in [0.5, 0.6) is 0 Å². The third-order valence-corrected chi connectivity index (χ3v) is 8.38. The van der Waals surface area contributed by atoms with Crippen LogP contribution in [0.25, 0.3) is 49.7 Å². The van der Waals surface area contributed by atoms with E-state index in [4.69, 9.17) is 0 Å². The maximum atomic E-state index is 14.4. The van der Waals surface area contributed by atoms with E-state index in [0.29, 0.717) is 28.1 Å². The van der Waals surface area contributed by atoms with Crippen LogP contribution in [0.3, 0.4) is 0 Å². The van der Waals surface area contributed by atoms with Gasteiger partial charge in [-0.3, -0.25) is 9.59 Å². The summed E-state index contributed by atoms with van der Waals surface area (Å²) in [5.41, 5.74) is 8.15. The Morgan fingerprint density at radius 3 is 1.98 bits per heavy atom. The average Bonchev–Trinajstić information content (AvgIpc) is 3.55. The number of carbonyl (C=O) groups excluding carboxylic acids is 2. The Labute approximate surface area is 253 Å². The maximum absolute atomic E-state index is 14.4. The molecular formula is C39H23N3O2. The van der Waals surface area contributed by atoms with Crippen molar-refractivity contribution in [3.63, 3.8) is 0 Å². The molecule has 2 heterocycles. The Morgan fingerprint density at radius 2 is 1.16 bits per heavy atom. The molecule has 0 fully saturated rings. The van der Waals surface area contributed by atoms with Crippen molar-refractivity contribution in [2.24, 2.45) is 0 Å². The lowest BCUT2D eigenvalue weighted by Crippen LogP contribution is -2.30. The predicted octanol–water partition coefficient (Wildman–Crippen LogP) is 8.79. The van der Waals surface area contributed by atoms with Crippen LogP contribution in [-0.4, -0.2) is 16.4 Å². The first-order valence-electron chi connectivity index (χ1n) is 14.3. The number of aromatic nitrogens is 1. The van der Waals surface area contributed by atoms with Gasteiger partial charge in [0.25, 0.3) is 11.8 Å². The molecule has 0 saturated heterocycles. The lowest BCUT2D eigenvalue weighted by atomic mass is 10.0. The second-order valence-corrected chi connectivity index (χ2v) is 10.8. The van der Waals surface area contributed by atoms with Gasteiger partial charge in [-0.25, -0.2) is 4.90 Å². The molecule has 5 heteroatoms. The highest BCUT2D eigenvalue weighted by Crippen LogP contribution is 2.41. The van der Waals surface area contributed by atoms with Gasteiger partial charge in [0.1, 0.15) is 0 Å². The number of hydrogen-bond donors (Lipinski definition) is 0. The SMILES string of the molecule is N#Cc1ccc(-c2ccc3c4ccccc4n(-c4cccc5c4C(=O)N(c4ccccc4-c4ccccc4)C5=O)c3c2)cc1. The monoisotopic (exact) mass is 565 g/mol. The number of carbonyl (C=O) groups is 2. The highest BCUT2D eigenvalue weighted by atomic mass is 16.2. The van der Waals surface area contributed by atoms with Gasteiger partial charge >= 0.3 is 0 Å². The number of amides is 2. The van der Waals surface area contributed by atoms with Crippen molar-refractivity contribution in [1.29, 1.82) is 5.26 Å². The van der Waals surface area contributed by atoms with Crippen LogP contribution in [0.2, 0.25) is 0 Å². The van der Waals surface area contributed by atoms with Crippen LogP contribution in [0.15, 0.2) is 140 Å². The van der Waals surface area contributed by atoms with Gasteiger partial charge in [0.05, 0.1) is 45.2 Å². The first-order valence-corrected chi connectivity index (χ1v) is 14.3. The molecule has 0 atom stereocenters. The second kappa shape index (κ2) is 9.94. The molecule has 8 rings (SSSR count). The first-order chi connectivity index (χ1) is 21.6. The van der Waals surface area contributed by atoms with E-state index < -0.39 is 0 Å². The van der Waals surface area contributed by atoms with Gasteiger partial charge in [-0.15, -0.1) is 0 Å². The summed E-state index contributed by atoms with van der Waals surface area (Å²) < 4.78 is 2.09. The van der Waals surface area contributed by atoms with Gasteiger partial charge in [-0.2, -0.15) is 5.26 Å². The number of fused-ring (bicyclic) bond motifs is 4. The largest absolute Gasteiger partial charge is 0.308 e. The van der Waals surface area contributed by atoms with Crippen molar-refractivity contribution >= 4 is 39.3 Å². The Kier molecular flexibility index (Phi) is 5.75. The molecule has 0 unspecified atom stereocenters. The summed E-state index contributed by atoms with van der Waals surface area (Å²) in [6, 6.07) is 46.9. The summed E-state index contributed by atoms with van der Waals surface area (Å²) in [5, 5.41) is 11.3. The van der Waals surface area contributed by atoms with Crippen molar-refractivity contribution in [2.75, 3.05) is 4.90 Å². The zero-order chi connectivity index (χ0) is 29.8. The number of hydrogen-bond acceptors (Lipinski definition) is 3. The number of nitrogens with zero attached hydrogens (tertiary/aromatic N) is 3. The highest BCUT2D eigenvalue weighted by Gasteiger charge is 2.40. The van der Waals surface area contributed by atoms with E-state index in [-0.39, 0.29) is 11.8 Å². The fraction of sp³-hybridized carbons (Fsp3) is 0. The number of benzene rings is 6. The Bertz CT molecular complexity index is 2330. The van der Waals surface area contributed by atoms with Gasteiger partial charge in [0.15, 0.2) is 0 Å². The molecule has 0 saturated carbocycles. The number of nitriles is 1. The molecule has 0 bridgehead atoms. The van der Waals surface area contributed by atoms with Crippen LogP contribution in [0.1, 0.15) is 26.3 Å². The third kappa shape index (κ3) is 3.79. The van der Waals surface area contributed by atoms with E-state index in [0.717, 1.165) is 44.1 Å². The Morgan fingerprint density at radius 1 is 0.500 bits per heavy atom. The minimum absolute atomic E-state index is 0.339. The van der Waals surface area contributed by atoms with Gasteiger partial charge < -0.3 is 4.57 Å². The minimum atomic E-state index is -0.349. The molecule has 2 amide bonds. The van der Waals surface area contributed by atoms with E-state index in [2.05, 4.69) is 34.9 Å². The lowest BCUT2D eigenvalue weighted by molar-refractivity contribution is 0.0926. The number of imide groups is 1. The summed E-state index contributed by atoms with van der Waals surface area (Å²) in [5.74, 6) is -0.688. The van der Waals surface area contributed by atoms with Crippen LogP contribution in [-0.2, 0) is 0 Å². The third-order valence-electron chi connectivity index (χ3n) is 8.38. The molecule has 0 aliphatic carbocycles. The van der Waals surface area contributed by atoms with Crippen LogP contribution in [0, 0.1) is 11.3 Å². The molecule has 44 heavy (non-hydrogen) atoms. The Hall–Kier alpha value is -6.25. The second-order valence-electron chi connectivity index (χ2n) is 10.8. The fourth-order valence-corrected chi connectivity index (χ4v) is 6.35. The average molecular weight is 566 g/mol. The summed E-state index contributed by atoms with van der Waals surface area (Å²) in [4.78, 5) is 29.7. The fourth-order valence-electron chi connectivity index (χ4n) is 6.35. The summed E-state index contributed by atoms with van der Waals surface area (Å²) in [6.07, 6.45) is 0. The van der Waals surface area contributed by atoms with Crippen molar-refractivity contribution in [3.05, 3.63) is 156 Å². The van der Waals surface area contributed by atoms with Crippen LogP contribution >= 0.6 is 0 Å². The number of para-hydroxylation sites is 2. The smallest absolute Gasteiger partial charge is 0.268 e. The Balaban J connectivity index is 1.34. The topological polar surface area (TPSA) is 66.1 Å². The van der Waals surface area contributed by atoms with Crippen LogP contribution < -0.4 is 4.90 Å². The minimum Gasteiger partial charge on any atom is -0.308 e. The molecular weight excluding hydrogens is 542 g/mol. The summed E-state index contributed by atoms with van der Waals surface area (Å²) >= 11 is 0. The van der Waals surface area contributed by atoms with Crippen molar-refractivity contribution in [3.8, 4) is 34.0 Å². The molecule has 0 N–H and O–H groups in total. The molecule has 1 aliphatic heterocycles. The normalized spacial score (nSPS) is 12.6. The predicted molar refractivity (Wildman–Crippen MR) is 174 cm³/mol. The van der Waals surface area contributed by atoms with Gasteiger partial charge in [-0.1, -0.05) is 97.1 Å².